The van der Waals surface area contributed by atoms with Crippen LogP contribution < -0.4 is 26.4 Å². The summed E-state index contributed by atoms with van der Waals surface area (Å²) in [4.78, 5) is 24.6. The zero-order chi connectivity index (χ0) is 40.2. The highest BCUT2D eigenvalue weighted by molar-refractivity contribution is 7.22. The first-order chi connectivity index (χ1) is 27.9. The van der Waals surface area contributed by atoms with Gasteiger partial charge in [-0.3, -0.25) is 15.5 Å². The normalized spacial score (nSPS) is 27.8. The Kier molecular flexibility index (Phi) is 10.3. The van der Waals surface area contributed by atoms with E-state index >= 15 is 0 Å². The number of fused-ring (bicyclic) bond motifs is 2. The van der Waals surface area contributed by atoms with Gasteiger partial charge in [-0.25, -0.2) is 14.8 Å². The van der Waals surface area contributed by atoms with Crippen LogP contribution >= 0.6 is 11.3 Å². The van der Waals surface area contributed by atoms with Gasteiger partial charge in [0.1, 0.15) is 17.5 Å². The molecule has 13 nitrogen and oxygen atoms in total. The number of nitrogens with one attached hydrogen (secondary N) is 4. The quantitative estimate of drug-likeness (QED) is 0.0714. The monoisotopic (exact) mass is 807 g/mol. The van der Waals surface area contributed by atoms with Crippen LogP contribution in [0.25, 0.3) is 21.3 Å². The van der Waals surface area contributed by atoms with Gasteiger partial charge in [0.05, 0.1) is 28.6 Å². The fourth-order valence-corrected chi connectivity index (χ4v) is 12.6. The Bertz CT molecular complexity index is 2250. The lowest BCUT2D eigenvalue weighted by molar-refractivity contribution is -0.163. The standard InChI is InChI=1S/C44H57N9O4S/c1-27-31-9-7-16-52(39(31)51-50-38(27)49-41-47-34-10-5-6-11-35(34)58-41)36-13-12-32(37(48-36)40(55)56)33-22-46-53(28(33)2)23-30-20-43(4)24-42(3)19-29(30)21-44(25-42,26-43)57-18-15-45-14-8-17-54/h5-6,10-13,22,29-30,45,50-51,54H,7-9,14-21,23-26H2,1-4H3,(H,47,49)(H,55,56). The van der Waals surface area contributed by atoms with Crippen LogP contribution in [0.3, 0.4) is 0 Å². The molecule has 4 aliphatic carbocycles. The number of aromatic carboxylic acids is 1. The SMILES string of the molecule is CC1=C(Nc2nc3ccccc3s2)NNC2=C1CCCN2c1ccc(-c2cnn(CC3CC4(C)CC5(C)CC3CC(OCCNCCCO)(C4)C5)c2C)c(C(=O)O)n1. The van der Waals surface area contributed by atoms with Crippen molar-refractivity contribution in [3.05, 3.63) is 76.8 Å². The van der Waals surface area contributed by atoms with E-state index in [-0.39, 0.29) is 28.7 Å². The van der Waals surface area contributed by atoms with E-state index < -0.39 is 5.97 Å². The molecule has 4 bridgehead atoms. The maximum atomic E-state index is 12.9. The fourth-order valence-electron chi connectivity index (χ4n) is 11.7. The summed E-state index contributed by atoms with van der Waals surface area (Å²) >= 11 is 1.61. The van der Waals surface area contributed by atoms with Crippen LogP contribution in [-0.2, 0) is 11.3 Å². The summed E-state index contributed by atoms with van der Waals surface area (Å²) in [6.45, 7) is 13.2. The molecule has 58 heavy (non-hydrogen) atoms. The van der Waals surface area contributed by atoms with Crippen LogP contribution in [0.2, 0.25) is 0 Å². The summed E-state index contributed by atoms with van der Waals surface area (Å²) in [5, 5.41) is 32.3. The molecule has 6 N–H and O–H groups in total. The Morgan fingerprint density at radius 3 is 2.66 bits per heavy atom. The van der Waals surface area contributed by atoms with Gasteiger partial charge in [0, 0.05) is 48.6 Å². The number of carboxylic acid groups (broad SMARTS) is 1. The number of hydrazine groups is 1. The lowest BCUT2D eigenvalue weighted by Gasteiger charge is -2.56. The third kappa shape index (κ3) is 7.37. The molecule has 0 amide bonds. The molecule has 14 heteroatoms. The number of rotatable bonds is 14. The molecule has 308 valence electrons. The number of hydrogen-bond donors (Lipinski definition) is 6. The predicted molar refractivity (Wildman–Crippen MR) is 227 cm³/mol. The van der Waals surface area contributed by atoms with Gasteiger partial charge in [0.2, 0.25) is 0 Å². The molecular formula is C44H57N9O4S. The number of thiazole rings is 1. The van der Waals surface area contributed by atoms with Gasteiger partial charge in [-0.1, -0.05) is 37.3 Å². The van der Waals surface area contributed by atoms with E-state index in [9.17, 15) is 9.90 Å². The second kappa shape index (κ2) is 15.3. The highest BCUT2D eigenvalue weighted by Crippen LogP contribution is 2.66. The van der Waals surface area contributed by atoms with Gasteiger partial charge >= 0.3 is 5.97 Å². The summed E-state index contributed by atoms with van der Waals surface area (Å²) in [6.07, 6.45) is 11.3. The predicted octanol–water partition coefficient (Wildman–Crippen LogP) is 7.18. The van der Waals surface area contributed by atoms with Gasteiger partial charge in [-0.15, -0.1) is 0 Å². The molecule has 1 aromatic carbocycles. The lowest BCUT2D eigenvalue weighted by Crippen LogP contribution is -2.52. The Hall–Kier alpha value is -4.50. The number of allylic oxidation sites excluding steroid dienone is 2. The van der Waals surface area contributed by atoms with Crippen molar-refractivity contribution < 1.29 is 19.7 Å². The second-order valence-electron chi connectivity index (χ2n) is 18.3. The van der Waals surface area contributed by atoms with E-state index in [1.54, 1.807) is 11.3 Å². The first-order valence-corrected chi connectivity index (χ1v) is 21.9. The van der Waals surface area contributed by atoms with Crippen molar-refractivity contribution in [1.29, 1.82) is 0 Å². The van der Waals surface area contributed by atoms with E-state index in [1.165, 1.54) is 12.8 Å². The highest BCUT2D eigenvalue weighted by Gasteiger charge is 2.60. The van der Waals surface area contributed by atoms with Crippen molar-refractivity contribution in [3.63, 3.8) is 0 Å². The molecule has 6 aliphatic rings. The van der Waals surface area contributed by atoms with Gasteiger partial charge in [-0.2, -0.15) is 5.10 Å². The number of carbonyl (C=O) groups is 1. The third-order valence-corrected chi connectivity index (χ3v) is 14.5. The molecule has 5 atom stereocenters. The second-order valence-corrected chi connectivity index (χ2v) is 19.3. The van der Waals surface area contributed by atoms with E-state index in [0.29, 0.717) is 36.4 Å². The lowest BCUT2D eigenvalue weighted by atomic mass is 9.53. The van der Waals surface area contributed by atoms with Crippen molar-refractivity contribution in [2.24, 2.45) is 22.7 Å². The topological polar surface area (TPSA) is 162 Å². The molecule has 5 heterocycles. The van der Waals surface area contributed by atoms with Crippen molar-refractivity contribution in [1.82, 2.24) is 35.9 Å². The van der Waals surface area contributed by atoms with Crippen molar-refractivity contribution in [3.8, 4) is 11.1 Å². The fraction of sp³-hybridized carbons (Fsp3) is 0.545. The maximum Gasteiger partial charge on any atom is 0.355 e. The molecule has 4 fully saturated rings. The summed E-state index contributed by atoms with van der Waals surface area (Å²) in [7, 11) is 0. The van der Waals surface area contributed by atoms with Crippen LogP contribution in [0.15, 0.2) is 65.4 Å². The summed E-state index contributed by atoms with van der Waals surface area (Å²) in [5.41, 5.74) is 12.7. The van der Waals surface area contributed by atoms with E-state index in [2.05, 4.69) is 64.8 Å². The molecule has 5 unspecified atom stereocenters. The molecular weight excluding hydrogens is 751 g/mol. The number of nitrogens with zero attached hydrogens (tertiary/aromatic N) is 5. The Labute approximate surface area is 344 Å². The number of carboxylic acids is 1. The van der Waals surface area contributed by atoms with Crippen LogP contribution in [0.1, 0.15) is 94.7 Å². The molecule has 0 saturated heterocycles. The van der Waals surface area contributed by atoms with Gasteiger partial charge < -0.3 is 30.5 Å². The summed E-state index contributed by atoms with van der Waals surface area (Å²) in [6, 6.07) is 11.9. The number of ether oxygens (including phenoxy) is 1. The Balaban J connectivity index is 0.935. The van der Waals surface area contributed by atoms with Crippen LogP contribution in [0.5, 0.6) is 0 Å². The van der Waals surface area contributed by atoms with Crippen LogP contribution in [0.4, 0.5) is 10.9 Å². The van der Waals surface area contributed by atoms with Crippen LogP contribution in [0, 0.1) is 29.6 Å². The van der Waals surface area contributed by atoms with Crippen molar-refractivity contribution >= 4 is 38.5 Å². The minimum absolute atomic E-state index is 0.0258. The minimum atomic E-state index is -1.06. The van der Waals surface area contributed by atoms with Crippen molar-refractivity contribution in [2.45, 2.75) is 97.6 Å². The molecule has 4 saturated carbocycles. The smallest absolute Gasteiger partial charge is 0.355 e. The number of anilines is 2. The summed E-state index contributed by atoms with van der Waals surface area (Å²) in [5.74, 6) is 2.26. The zero-order valence-electron chi connectivity index (χ0n) is 34.2. The average Bonchev–Trinajstić information content (AvgIpc) is 3.73. The van der Waals surface area contributed by atoms with E-state index in [1.807, 2.05) is 36.5 Å². The van der Waals surface area contributed by atoms with Crippen LogP contribution in [-0.4, -0.2) is 74.4 Å². The minimum Gasteiger partial charge on any atom is -0.476 e. The molecule has 3 aromatic heterocycles. The third-order valence-electron chi connectivity index (χ3n) is 13.5. The largest absolute Gasteiger partial charge is 0.476 e. The average molecular weight is 808 g/mol. The first-order valence-electron chi connectivity index (χ1n) is 21.0. The number of aliphatic hydroxyl groups is 1. The number of aromatic nitrogens is 4. The maximum absolute atomic E-state index is 12.9. The van der Waals surface area contributed by atoms with E-state index in [4.69, 9.17) is 24.9 Å². The number of aliphatic hydroxyl groups excluding tert-OH is 1. The zero-order valence-corrected chi connectivity index (χ0v) is 35.0. The number of para-hydroxylation sites is 1. The Morgan fingerprint density at radius 2 is 1.84 bits per heavy atom. The molecule has 2 aliphatic heterocycles. The highest BCUT2D eigenvalue weighted by atomic mass is 32.1. The summed E-state index contributed by atoms with van der Waals surface area (Å²) < 4.78 is 10.1. The van der Waals surface area contributed by atoms with Gasteiger partial charge in [-0.05, 0) is 131 Å². The number of benzene rings is 1. The first kappa shape index (κ1) is 39.0. The van der Waals surface area contributed by atoms with E-state index in [0.717, 1.165) is 114 Å². The van der Waals surface area contributed by atoms with Gasteiger partial charge in [0.25, 0.3) is 0 Å². The number of hydrogen-bond acceptors (Lipinski definition) is 12. The molecule has 0 radical (unpaired) electrons. The van der Waals surface area contributed by atoms with Gasteiger partial charge in [0.15, 0.2) is 10.8 Å². The van der Waals surface area contributed by atoms with Crippen molar-refractivity contribution in [2.75, 3.05) is 43.1 Å². The molecule has 4 aromatic rings. The molecule has 10 rings (SSSR count). The molecule has 0 spiro atoms. The number of pyridine rings is 1. The Morgan fingerprint density at radius 1 is 1.02 bits per heavy atom.